The van der Waals surface area contributed by atoms with Crippen LogP contribution in [-0.4, -0.2) is 41.8 Å². The molecule has 8 nitrogen and oxygen atoms in total. The summed E-state index contributed by atoms with van der Waals surface area (Å²) in [6, 6.07) is 15.1. The lowest BCUT2D eigenvalue weighted by Gasteiger charge is -2.45. The van der Waals surface area contributed by atoms with Crippen LogP contribution in [0.25, 0.3) is 11.3 Å². The minimum Gasteiger partial charge on any atom is -0.444 e. The minimum atomic E-state index is -4.47. The first-order chi connectivity index (χ1) is 19.4. The number of rotatable bonds is 4. The Labute approximate surface area is 236 Å². The molecule has 2 bridgehead atoms. The van der Waals surface area contributed by atoms with Gasteiger partial charge in [0.1, 0.15) is 5.60 Å². The van der Waals surface area contributed by atoms with E-state index in [2.05, 4.69) is 15.5 Å². The predicted molar refractivity (Wildman–Crippen MR) is 151 cm³/mol. The maximum Gasteiger partial charge on any atom is 0.416 e. The van der Waals surface area contributed by atoms with Crippen LogP contribution in [0.5, 0.6) is 0 Å². The molecule has 0 saturated carbocycles. The largest absolute Gasteiger partial charge is 0.444 e. The Bertz CT molecular complexity index is 1440. The Morgan fingerprint density at radius 1 is 1.05 bits per heavy atom. The highest BCUT2D eigenvalue weighted by molar-refractivity contribution is 6.04. The summed E-state index contributed by atoms with van der Waals surface area (Å²) in [6.07, 6.45) is -3.30. The molecule has 2 aliphatic heterocycles. The maximum atomic E-state index is 13.6. The van der Waals surface area contributed by atoms with Gasteiger partial charge in [-0.25, -0.2) is 14.6 Å². The molecule has 3 aromatic rings. The summed E-state index contributed by atoms with van der Waals surface area (Å²) in [5, 5.41) is 5.64. The van der Waals surface area contributed by atoms with E-state index >= 15 is 0 Å². The molecule has 0 aliphatic carbocycles. The number of halogens is 3. The number of alkyl halides is 3. The summed E-state index contributed by atoms with van der Waals surface area (Å²) in [5.74, 6) is 0.423. The van der Waals surface area contributed by atoms with Gasteiger partial charge in [-0.05, 0) is 75.6 Å². The number of amides is 3. The van der Waals surface area contributed by atoms with Crippen molar-refractivity contribution < 1.29 is 27.5 Å². The second kappa shape index (κ2) is 10.9. The molecule has 1 aromatic heterocycles. The van der Waals surface area contributed by atoms with Crippen LogP contribution >= 0.6 is 0 Å². The first-order valence-corrected chi connectivity index (χ1v) is 13.5. The Morgan fingerprint density at radius 3 is 2.51 bits per heavy atom. The minimum absolute atomic E-state index is 0.127. The van der Waals surface area contributed by atoms with E-state index in [0.717, 1.165) is 42.8 Å². The number of alkyl carbamates (subject to hydrolysis) is 1. The van der Waals surface area contributed by atoms with Crippen molar-refractivity contribution in [2.24, 2.45) is 0 Å². The number of hydrogen-bond donors (Lipinski definition) is 2. The van der Waals surface area contributed by atoms with E-state index in [1.165, 1.54) is 6.07 Å². The molecule has 3 heterocycles. The summed E-state index contributed by atoms with van der Waals surface area (Å²) in [4.78, 5) is 34.1. The second-order valence-corrected chi connectivity index (χ2v) is 11.2. The van der Waals surface area contributed by atoms with E-state index in [9.17, 15) is 22.8 Å². The zero-order valence-electron chi connectivity index (χ0n) is 23.1. The van der Waals surface area contributed by atoms with Crippen LogP contribution < -0.4 is 20.4 Å². The van der Waals surface area contributed by atoms with Crippen molar-refractivity contribution in [2.45, 2.75) is 58.0 Å². The molecule has 1 saturated heterocycles. The number of anilines is 3. The van der Waals surface area contributed by atoms with Gasteiger partial charge in [-0.3, -0.25) is 4.90 Å². The van der Waals surface area contributed by atoms with Gasteiger partial charge in [0.2, 0.25) is 0 Å². The van der Waals surface area contributed by atoms with Gasteiger partial charge in [0.15, 0.2) is 5.82 Å². The third-order valence-corrected chi connectivity index (χ3v) is 6.93. The fourth-order valence-corrected chi connectivity index (χ4v) is 5.08. The van der Waals surface area contributed by atoms with E-state index in [1.807, 2.05) is 6.07 Å². The highest BCUT2D eigenvalue weighted by Crippen LogP contribution is 2.40. The third kappa shape index (κ3) is 6.55. The van der Waals surface area contributed by atoms with Crippen molar-refractivity contribution in [1.29, 1.82) is 0 Å². The lowest BCUT2D eigenvalue weighted by molar-refractivity contribution is -0.137. The van der Waals surface area contributed by atoms with Crippen molar-refractivity contribution >= 4 is 29.3 Å². The van der Waals surface area contributed by atoms with Crippen LogP contribution in [-0.2, 0) is 17.5 Å². The van der Waals surface area contributed by atoms with Crippen LogP contribution in [0.2, 0.25) is 0 Å². The maximum absolute atomic E-state index is 13.6. The van der Waals surface area contributed by atoms with Crippen LogP contribution in [0.3, 0.4) is 0 Å². The van der Waals surface area contributed by atoms with E-state index in [-0.39, 0.29) is 18.6 Å². The first-order valence-electron chi connectivity index (χ1n) is 13.5. The Kier molecular flexibility index (Phi) is 7.54. The Balaban J connectivity index is 1.35. The molecule has 5 rings (SSSR count). The van der Waals surface area contributed by atoms with Crippen LogP contribution in [0.4, 0.5) is 40.0 Å². The van der Waals surface area contributed by atoms with Crippen molar-refractivity contribution in [1.82, 2.24) is 10.3 Å². The molecule has 1 unspecified atom stereocenters. The van der Waals surface area contributed by atoms with Crippen molar-refractivity contribution in [3.8, 4) is 11.3 Å². The SMILES string of the molecule is CC(C)(C)OC(=O)NCc1ccc(NC(=O)N2c3nc(-c4cccc(C(F)(F)F)c4)ccc3N3CCCC2C3)cc1. The van der Waals surface area contributed by atoms with E-state index in [0.29, 0.717) is 29.3 Å². The summed E-state index contributed by atoms with van der Waals surface area (Å²) in [6.45, 7) is 7.11. The molecule has 11 heteroatoms. The molecule has 41 heavy (non-hydrogen) atoms. The van der Waals surface area contributed by atoms with Gasteiger partial charge in [-0.2, -0.15) is 13.2 Å². The zero-order valence-corrected chi connectivity index (χ0v) is 23.1. The standard InChI is InChI=1S/C30H32F3N5O3/c1-29(2,3)41-28(40)34-17-19-9-11-22(12-10-19)35-27(39)38-23-8-5-15-37(18-23)25-14-13-24(36-26(25)38)20-6-4-7-21(16-20)30(31,32)33/h4,6-7,9-14,16,23H,5,8,15,17-18H2,1-3H3,(H,34,40)(H,35,39). The van der Waals surface area contributed by atoms with Crippen molar-refractivity contribution in [3.05, 3.63) is 71.8 Å². The number of benzene rings is 2. The molecular weight excluding hydrogens is 535 g/mol. The highest BCUT2D eigenvalue weighted by Gasteiger charge is 2.38. The third-order valence-electron chi connectivity index (χ3n) is 6.93. The molecule has 2 aromatic carbocycles. The molecular formula is C30H32F3N5O3. The van der Waals surface area contributed by atoms with Gasteiger partial charge in [0.25, 0.3) is 0 Å². The number of aromatic nitrogens is 1. The van der Waals surface area contributed by atoms with Gasteiger partial charge in [-0.15, -0.1) is 0 Å². The number of nitrogens with zero attached hydrogens (tertiary/aromatic N) is 3. The second-order valence-electron chi connectivity index (χ2n) is 11.2. The number of carbonyl (C=O) groups is 2. The predicted octanol–water partition coefficient (Wildman–Crippen LogP) is 6.81. The first kappa shape index (κ1) is 28.3. The monoisotopic (exact) mass is 567 g/mol. The Hall–Kier alpha value is -4.28. The molecule has 216 valence electrons. The fourth-order valence-electron chi connectivity index (χ4n) is 5.08. The van der Waals surface area contributed by atoms with Gasteiger partial charge in [-0.1, -0.05) is 24.3 Å². The number of hydrogen-bond acceptors (Lipinski definition) is 5. The average molecular weight is 568 g/mol. The molecule has 0 radical (unpaired) electrons. The molecule has 1 atom stereocenters. The smallest absolute Gasteiger partial charge is 0.416 e. The number of carbonyl (C=O) groups excluding carboxylic acids is 2. The van der Waals surface area contributed by atoms with E-state index < -0.39 is 23.4 Å². The van der Waals surface area contributed by atoms with Crippen molar-refractivity contribution in [2.75, 3.05) is 28.2 Å². The number of urea groups is 1. The lowest BCUT2D eigenvalue weighted by Crippen LogP contribution is -2.56. The topological polar surface area (TPSA) is 86.8 Å². The normalized spacial score (nSPS) is 16.6. The molecule has 3 amide bonds. The van der Waals surface area contributed by atoms with Gasteiger partial charge < -0.3 is 20.3 Å². The number of fused-ring (bicyclic) bond motifs is 4. The average Bonchev–Trinajstić information content (AvgIpc) is 2.91. The van der Waals surface area contributed by atoms with Crippen LogP contribution in [0.15, 0.2) is 60.7 Å². The van der Waals surface area contributed by atoms with Crippen LogP contribution in [0, 0.1) is 0 Å². The number of piperidine rings is 1. The summed E-state index contributed by atoms with van der Waals surface area (Å²) >= 11 is 0. The van der Waals surface area contributed by atoms with Crippen molar-refractivity contribution in [3.63, 3.8) is 0 Å². The number of nitrogens with one attached hydrogen (secondary N) is 2. The van der Waals surface area contributed by atoms with E-state index in [4.69, 9.17) is 9.72 Å². The zero-order chi connectivity index (χ0) is 29.4. The lowest BCUT2D eigenvalue weighted by atomic mass is 9.99. The Morgan fingerprint density at radius 2 is 1.80 bits per heavy atom. The summed E-state index contributed by atoms with van der Waals surface area (Å²) in [7, 11) is 0. The highest BCUT2D eigenvalue weighted by atomic mass is 19.4. The van der Waals surface area contributed by atoms with Gasteiger partial charge in [0, 0.05) is 30.9 Å². The quantitative estimate of drug-likeness (QED) is 0.362. The fraction of sp³-hybridized carbons (Fsp3) is 0.367. The van der Waals surface area contributed by atoms with E-state index in [1.54, 1.807) is 62.1 Å². The number of ether oxygens (including phenoxy) is 1. The summed E-state index contributed by atoms with van der Waals surface area (Å²) in [5.41, 5.74) is 1.49. The molecule has 2 N–H and O–H groups in total. The van der Waals surface area contributed by atoms with Gasteiger partial charge >= 0.3 is 18.3 Å². The molecule has 0 spiro atoms. The molecule has 2 aliphatic rings. The summed E-state index contributed by atoms with van der Waals surface area (Å²) < 4.78 is 45.3. The molecule has 1 fully saturated rings. The van der Waals surface area contributed by atoms with Gasteiger partial charge in [0.05, 0.1) is 23.0 Å². The van der Waals surface area contributed by atoms with Crippen LogP contribution in [0.1, 0.15) is 44.7 Å². The number of pyridine rings is 1.